The van der Waals surface area contributed by atoms with Crippen LogP contribution < -0.4 is 14.5 Å². The first-order chi connectivity index (χ1) is 16.1. The summed E-state index contributed by atoms with van der Waals surface area (Å²) in [7, 11) is 0. The fraction of sp³-hybridized carbons (Fsp3) is 0.185. The van der Waals surface area contributed by atoms with Crippen molar-refractivity contribution in [3.05, 3.63) is 94.6 Å². The van der Waals surface area contributed by atoms with Gasteiger partial charge in [0.25, 0.3) is 11.8 Å². The number of carbonyl (C=O) groups excluding carboxylic acids is 2. The minimum atomic E-state index is -0.343. The summed E-state index contributed by atoms with van der Waals surface area (Å²) >= 11 is 6.04. The van der Waals surface area contributed by atoms with Gasteiger partial charge in [-0.1, -0.05) is 41.9 Å². The molecule has 166 valence electrons. The number of hydrogen-bond donors (Lipinski definition) is 0. The van der Waals surface area contributed by atoms with Crippen molar-refractivity contribution < 1.29 is 14.3 Å². The molecule has 0 saturated carbocycles. The molecular weight excluding hydrogens is 436 g/mol. The van der Waals surface area contributed by atoms with Crippen molar-refractivity contribution in [3.63, 3.8) is 0 Å². The summed E-state index contributed by atoms with van der Waals surface area (Å²) in [5, 5.41) is 0.544. The second-order valence-corrected chi connectivity index (χ2v) is 8.42. The maximum Gasteiger partial charge on any atom is 0.282 e. The topological polar surface area (TPSA) is 49.9 Å². The average molecular weight is 459 g/mol. The smallest absolute Gasteiger partial charge is 0.282 e. The highest BCUT2D eigenvalue weighted by Gasteiger charge is 2.43. The molecule has 2 amide bonds. The van der Waals surface area contributed by atoms with Crippen LogP contribution in [0.3, 0.4) is 0 Å². The van der Waals surface area contributed by atoms with E-state index in [2.05, 4.69) is 6.07 Å². The van der Waals surface area contributed by atoms with Crippen LogP contribution in [0.5, 0.6) is 5.75 Å². The molecular formula is C27H23ClN2O3. The highest BCUT2D eigenvalue weighted by molar-refractivity contribution is 6.46. The average Bonchev–Trinajstić information content (AvgIpc) is 3.10. The number of imide groups is 1. The Morgan fingerprint density at radius 3 is 2.36 bits per heavy atom. The molecule has 0 aliphatic carbocycles. The SMILES string of the molecule is CCOc1ccc(C2=C(N3CCCc4ccccc43)C(=O)N(c3ccc(Cl)cc3)C2=O)cc1. The molecule has 0 saturated heterocycles. The number of rotatable bonds is 5. The van der Waals surface area contributed by atoms with Crippen LogP contribution >= 0.6 is 11.6 Å². The van der Waals surface area contributed by atoms with Gasteiger partial charge in [0.2, 0.25) is 0 Å². The van der Waals surface area contributed by atoms with Gasteiger partial charge in [0.1, 0.15) is 11.4 Å². The molecule has 0 radical (unpaired) electrons. The van der Waals surface area contributed by atoms with E-state index in [1.807, 2.05) is 54.3 Å². The first kappa shape index (κ1) is 21.3. The number of para-hydroxylation sites is 1. The molecule has 0 aromatic heterocycles. The maximum absolute atomic E-state index is 13.8. The largest absolute Gasteiger partial charge is 0.494 e. The molecule has 0 bridgehead atoms. The zero-order valence-electron chi connectivity index (χ0n) is 18.3. The Morgan fingerprint density at radius 2 is 1.64 bits per heavy atom. The number of nitrogens with zero attached hydrogens (tertiary/aromatic N) is 2. The van der Waals surface area contributed by atoms with Crippen LogP contribution in [0.25, 0.3) is 5.57 Å². The van der Waals surface area contributed by atoms with Crippen LogP contribution in [0.4, 0.5) is 11.4 Å². The van der Waals surface area contributed by atoms with E-state index in [4.69, 9.17) is 16.3 Å². The number of aryl methyl sites for hydroxylation is 1. The van der Waals surface area contributed by atoms with Gasteiger partial charge < -0.3 is 9.64 Å². The summed E-state index contributed by atoms with van der Waals surface area (Å²) < 4.78 is 5.56. The maximum atomic E-state index is 13.8. The zero-order valence-corrected chi connectivity index (χ0v) is 19.0. The van der Waals surface area contributed by atoms with Crippen LogP contribution in [0.15, 0.2) is 78.5 Å². The van der Waals surface area contributed by atoms with Gasteiger partial charge in [-0.3, -0.25) is 9.59 Å². The van der Waals surface area contributed by atoms with Gasteiger partial charge >= 0.3 is 0 Å². The molecule has 2 aliphatic rings. The zero-order chi connectivity index (χ0) is 22.9. The minimum Gasteiger partial charge on any atom is -0.494 e. The summed E-state index contributed by atoms with van der Waals surface area (Å²) in [5.74, 6) is 0.0468. The number of halogens is 1. The van der Waals surface area contributed by atoms with Gasteiger partial charge in [0, 0.05) is 17.3 Å². The molecule has 0 N–H and O–H groups in total. The fourth-order valence-corrected chi connectivity index (χ4v) is 4.63. The number of ether oxygens (including phenoxy) is 1. The third-order valence-corrected chi connectivity index (χ3v) is 6.23. The van der Waals surface area contributed by atoms with Gasteiger partial charge in [-0.25, -0.2) is 4.90 Å². The highest BCUT2D eigenvalue weighted by atomic mass is 35.5. The van der Waals surface area contributed by atoms with E-state index in [1.165, 1.54) is 10.5 Å². The number of amides is 2. The summed E-state index contributed by atoms with van der Waals surface area (Å²) in [5.41, 5.74) is 4.14. The van der Waals surface area contributed by atoms with Gasteiger partial charge in [-0.15, -0.1) is 0 Å². The summed E-state index contributed by atoms with van der Waals surface area (Å²) in [4.78, 5) is 30.8. The molecule has 2 aliphatic heterocycles. The van der Waals surface area contributed by atoms with Crippen molar-refractivity contribution in [2.45, 2.75) is 19.8 Å². The van der Waals surface area contributed by atoms with E-state index in [9.17, 15) is 9.59 Å². The molecule has 5 rings (SSSR count). The van der Waals surface area contributed by atoms with Gasteiger partial charge in [-0.05, 0) is 73.4 Å². The lowest BCUT2D eigenvalue weighted by Gasteiger charge is -2.32. The van der Waals surface area contributed by atoms with Gasteiger partial charge in [0.05, 0.1) is 17.9 Å². The van der Waals surface area contributed by atoms with Crippen LogP contribution in [-0.2, 0) is 16.0 Å². The van der Waals surface area contributed by atoms with E-state index in [0.29, 0.717) is 40.7 Å². The lowest BCUT2D eigenvalue weighted by molar-refractivity contribution is -0.120. The second-order valence-electron chi connectivity index (χ2n) is 7.99. The number of anilines is 2. The molecule has 33 heavy (non-hydrogen) atoms. The number of fused-ring (bicyclic) bond motifs is 1. The Hall–Kier alpha value is -3.57. The van der Waals surface area contributed by atoms with Crippen molar-refractivity contribution in [2.75, 3.05) is 23.0 Å². The highest BCUT2D eigenvalue weighted by Crippen LogP contribution is 2.39. The van der Waals surface area contributed by atoms with Gasteiger partial charge in [0.15, 0.2) is 0 Å². The molecule has 0 atom stereocenters. The lowest BCUT2D eigenvalue weighted by Crippen LogP contribution is -2.37. The Kier molecular flexibility index (Phi) is 5.65. The molecule has 0 fully saturated rings. The van der Waals surface area contributed by atoms with Gasteiger partial charge in [-0.2, -0.15) is 0 Å². The van der Waals surface area contributed by atoms with E-state index in [0.717, 1.165) is 24.3 Å². The van der Waals surface area contributed by atoms with Crippen LogP contribution in [-0.4, -0.2) is 25.0 Å². The summed E-state index contributed by atoms with van der Waals surface area (Å²) in [6, 6.07) is 22.2. The van der Waals surface area contributed by atoms with E-state index in [-0.39, 0.29) is 11.8 Å². The molecule has 5 nitrogen and oxygen atoms in total. The fourth-order valence-electron chi connectivity index (χ4n) is 4.50. The van der Waals surface area contributed by atoms with E-state index < -0.39 is 0 Å². The quantitative estimate of drug-likeness (QED) is 0.475. The predicted octanol–water partition coefficient (Wildman–Crippen LogP) is 5.48. The first-order valence-electron chi connectivity index (χ1n) is 11.1. The summed E-state index contributed by atoms with van der Waals surface area (Å²) in [6.45, 7) is 3.14. The second kappa shape index (κ2) is 8.75. The first-order valence-corrected chi connectivity index (χ1v) is 11.4. The predicted molar refractivity (Wildman–Crippen MR) is 131 cm³/mol. The monoisotopic (exact) mass is 458 g/mol. The Morgan fingerprint density at radius 1 is 0.909 bits per heavy atom. The number of hydrogen-bond acceptors (Lipinski definition) is 4. The lowest BCUT2D eigenvalue weighted by atomic mass is 9.98. The summed E-state index contributed by atoms with van der Waals surface area (Å²) in [6.07, 6.45) is 1.85. The number of benzene rings is 3. The molecule has 2 heterocycles. The Balaban J connectivity index is 1.66. The van der Waals surface area contributed by atoms with E-state index in [1.54, 1.807) is 24.3 Å². The molecule has 3 aromatic rings. The van der Waals surface area contributed by atoms with Crippen molar-refractivity contribution in [3.8, 4) is 5.75 Å². The van der Waals surface area contributed by atoms with Crippen LogP contribution in [0.1, 0.15) is 24.5 Å². The van der Waals surface area contributed by atoms with Crippen molar-refractivity contribution >= 4 is 40.4 Å². The van der Waals surface area contributed by atoms with Crippen LogP contribution in [0.2, 0.25) is 5.02 Å². The van der Waals surface area contributed by atoms with Crippen LogP contribution in [0, 0.1) is 0 Å². The minimum absolute atomic E-state index is 0.331. The van der Waals surface area contributed by atoms with Crippen molar-refractivity contribution in [1.82, 2.24) is 0 Å². The standard InChI is InChI=1S/C27H23ClN2O3/c1-2-33-22-15-9-19(10-16-22)24-25(29-17-5-7-18-6-3-4-8-23(18)29)27(32)30(26(24)31)21-13-11-20(28)12-14-21/h3-4,6,8-16H,2,5,7,17H2,1H3. The Labute approximate surface area is 197 Å². The normalized spacial score (nSPS) is 15.8. The third-order valence-electron chi connectivity index (χ3n) is 5.98. The Bertz CT molecular complexity index is 1250. The molecule has 6 heteroatoms. The molecule has 0 spiro atoms. The molecule has 0 unspecified atom stereocenters. The van der Waals surface area contributed by atoms with Crippen molar-refractivity contribution in [2.24, 2.45) is 0 Å². The third kappa shape index (κ3) is 3.79. The van der Waals surface area contributed by atoms with Crippen molar-refractivity contribution in [1.29, 1.82) is 0 Å². The number of carbonyl (C=O) groups is 2. The van der Waals surface area contributed by atoms with E-state index >= 15 is 0 Å². The molecule has 3 aromatic carbocycles.